The number of benzene rings is 1. The zero-order chi connectivity index (χ0) is 12.0. The van der Waals surface area contributed by atoms with Gasteiger partial charge in [0, 0.05) is 0 Å². The molecule has 0 spiro atoms. The van der Waals surface area contributed by atoms with Crippen LogP contribution in [-0.4, -0.2) is 49.2 Å². The maximum Gasteiger partial charge on any atom is 2.00 e. The standard InChI is InChI=1S/C10H12O5S.Mg.2H/c1-2-14-7-8-15-9-3-5-10(6-4-9)16(11,12)13;;;/h2-6H,1,7-8H2,(H,11,12,13);;;/q;+2;2*-1. The average Bonchev–Trinajstić information content (AvgIpc) is 2.24. The van der Waals surface area contributed by atoms with Crippen LogP contribution in [-0.2, 0) is 14.9 Å². The number of hydrogen-bond acceptors (Lipinski definition) is 4. The van der Waals surface area contributed by atoms with Crippen LogP contribution in [0.15, 0.2) is 42.0 Å². The zero-order valence-corrected chi connectivity index (χ0v) is 11.4. The Balaban J connectivity index is -0.000000853. The molecule has 1 N–H and O–H groups in total. The van der Waals surface area contributed by atoms with Crippen LogP contribution >= 0.6 is 0 Å². The van der Waals surface area contributed by atoms with Crippen molar-refractivity contribution < 1.29 is 25.3 Å². The summed E-state index contributed by atoms with van der Waals surface area (Å²) in [7, 11) is -4.14. The topological polar surface area (TPSA) is 72.8 Å². The van der Waals surface area contributed by atoms with E-state index >= 15 is 0 Å². The van der Waals surface area contributed by atoms with Gasteiger partial charge in [-0.2, -0.15) is 8.42 Å². The molecule has 0 bridgehead atoms. The normalized spacial score (nSPS) is 10.2. The number of rotatable bonds is 6. The van der Waals surface area contributed by atoms with Crippen molar-refractivity contribution in [3.8, 4) is 5.75 Å². The Kier molecular flexibility index (Phi) is 7.20. The molecule has 0 amide bonds. The van der Waals surface area contributed by atoms with Gasteiger partial charge in [-0.25, -0.2) is 0 Å². The number of hydrogen-bond donors (Lipinski definition) is 1. The third kappa shape index (κ3) is 5.92. The first-order valence-corrected chi connectivity index (χ1v) is 5.91. The van der Waals surface area contributed by atoms with E-state index in [0.717, 1.165) is 0 Å². The zero-order valence-electron chi connectivity index (χ0n) is 11.2. The van der Waals surface area contributed by atoms with Gasteiger partial charge in [0.05, 0.1) is 11.2 Å². The first kappa shape index (κ1) is 16.2. The molecule has 0 aliphatic carbocycles. The van der Waals surface area contributed by atoms with Crippen LogP contribution < -0.4 is 4.74 Å². The molecule has 1 aromatic rings. The van der Waals surface area contributed by atoms with Crippen molar-refractivity contribution in [2.45, 2.75) is 4.90 Å². The van der Waals surface area contributed by atoms with Gasteiger partial charge in [0.1, 0.15) is 19.0 Å². The van der Waals surface area contributed by atoms with Crippen LogP contribution in [0.1, 0.15) is 2.85 Å². The van der Waals surface area contributed by atoms with Gasteiger partial charge in [0.2, 0.25) is 0 Å². The first-order chi connectivity index (χ1) is 7.54. The summed E-state index contributed by atoms with van der Waals surface area (Å²) in [6.07, 6.45) is 1.31. The van der Waals surface area contributed by atoms with Crippen LogP contribution in [0.2, 0.25) is 0 Å². The monoisotopic (exact) mass is 270 g/mol. The smallest absolute Gasteiger partial charge is 1.00 e. The first-order valence-electron chi connectivity index (χ1n) is 4.47. The fourth-order valence-corrected chi connectivity index (χ4v) is 1.48. The molecular formula is C10H14MgO5S. The maximum atomic E-state index is 10.7. The molecular weight excluding hydrogens is 256 g/mol. The van der Waals surface area contributed by atoms with Gasteiger partial charge < -0.3 is 12.3 Å². The molecule has 0 saturated carbocycles. The molecule has 0 heterocycles. The Bertz CT molecular complexity index is 449. The van der Waals surface area contributed by atoms with Crippen molar-refractivity contribution in [3.05, 3.63) is 37.1 Å². The van der Waals surface area contributed by atoms with Crippen molar-refractivity contribution in [2.24, 2.45) is 0 Å². The molecule has 0 saturated heterocycles. The van der Waals surface area contributed by atoms with Crippen LogP contribution in [0.3, 0.4) is 0 Å². The van der Waals surface area contributed by atoms with Crippen LogP contribution in [0.4, 0.5) is 0 Å². The third-order valence-corrected chi connectivity index (χ3v) is 2.58. The molecule has 0 aromatic heterocycles. The van der Waals surface area contributed by atoms with E-state index in [0.29, 0.717) is 19.0 Å². The van der Waals surface area contributed by atoms with Gasteiger partial charge >= 0.3 is 23.1 Å². The second kappa shape index (κ2) is 7.54. The summed E-state index contributed by atoms with van der Waals surface area (Å²) in [5.41, 5.74) is 0. The predicted octanol–water partition coefficient (Wildman–Crippen LogP) is 1.32. The van der Waals surface area contributed by atoms with Crippen molar-refractivity contribution in [1.29, 1.82) is 0 Å². The second-order valence-electron chi connectivity index (χ2n) is 2.83. The summed E-state index contributed by atoms with van der Waals surface area (Å²) in [5.74, 6) is 0.500. The second-order valence-corrected chi connectivity index (χ2v) is 4.25. The average molecular weight is 271 g/mol. The van der Waals surface area contributed by atoms with Gasteiger partial charge in [-0.05, 0) is 24.3 Å². The van der Waals surface area contributed by atoms with E-state index in [2.05, 4.69) is 6.58 Å². The van der Waals surface area contributed by atoms with E-state index in [1.807, 2.05) is 0 Å². The molecule has 1 aromatic carbocycles. The quantitative estimate of drug-likeness (QED) is 0.365. The Morgan fingerprint density at radius 2 is 1.88 bits per heavy atom. The minimum atomic E-state index is -4.14. The fourth-order valence-electron chi connectivity index (χ4n) is 0.999. The van der Waals surface area contributed by atoms with E-state index in [-0.39, 0.29) is 30.8 Å². The van der Waals surface area contributed by atoms with Crippen molar-refractivity contribution >= 4 is 33.2 Å². The van der Waals surface area contributed by atoms with E-state index in [9.17, 15) is 8.42 Å². The summed E-state index contributed by atoms with van der Waals surface area (Å²) in [4.78, 5) is -0.165. The van der Waals surface area contributed by atoms with Crippen LogP contribution in [0.5, 0.6) is 5.75 Å². The fraction of sp³-hybridized carbons (Fsp3) is 0.200. The SMILES string of the molecule is C=COCCOc1ccc(S(=O)(=O)O)cc1.[H-].[H-].[Mg+2]. The summed E-state index contributed by atoms with van der Waals surface area (Å²) in [5, 5.41) is 0. The minimum absolute atomic E-state index is 0. The summed E-state index contributed by atoms with van der Waals surface area (Å²) >= 11 is 0. The van der Waals surface area contributed by atoms with Gasteiger partial charge in [-0.3, -0.25) is 4.55 Å². The molecule has 0 unspecified atom stereocenters. The Hall–Kier alpha value is -0.764. The van der Waals surface area contributed by atoms with Crippen molar-refractivity contribution in [1.82, 2.24) is 0 Å². The molecule has 92 valence electrons. The van der Waals surface area contributed by atoms with E-state index in [1.165, 1.54) is 30.5 Å². The van der Waals surface area contributed by atoms with Gasteiger partial charge in [-0.1, -0.05) is 6.58 Å². The van der Waals surface area contributed by atoms with Crippen molar-refractivity contribution in [3.63, 3.8) is 0 Å². The van der Waals surface area contributed by atoms with Crippen LogP contribution in [0, 0.1) is 0 Å². The predicted molar refractivity (Wildman–Crippen MR) is 65.9 cm³/mol. The minimum Gasteiger partial charge on any atom is -1.00 e. The molecule has 0 fully saturated rings. The van der Waals surface area contributed by atoms with E-state index in [4.69, 9.17) is 14.0 Å². The molecule has 0 aliphatic heterocycles. The van der Waals surface area contributed by atoms with Gasteiger partial charge in [0.25, 0.3) is 10.1 Å². The third-order valence-electron chi connectivity index (χ3n) is 1.71. The largest absolute Gasteiger partial charge is 2.00 e. The van der Waals surface area contributed by atoms with Crippen LogP contribution in [0.25, 0.3) is 0 Å². The molecule has 7 heteroatoms. The summed E-state index contributed by atoms with van der Waals surface area (Å²) in [6.45, 7) is 4.07. The molecule has 1 rings (SSSR count). The van der Waals surface area contributed by atoms with E-state index in [1.54, 1.807) is 0 Å². The molecule has 0 radical (unpaired) electrons. The van der Waals surface area contributed by atoms with E-state index < -0.39 is 10.1 Å². The Labute approximate surface area is 119 Å². The van der Waals surface area contributed by atoms with Gasteiger partial charge in [0.15, 0.2) is 0 Å². The Morgan fingerprint density at radius 1 is 1.29 bits per heavy atom. The molecule has 0 atom stereocenters. The Morgan fingerprint density at radius 3 is 2.35 bits per heavy atom. The summed E-state index contributed by atoms with van der Waals surface area (Å²) in [6, 6.07) is 5.44. The maximum absolute atomic E-state index is 10.7. The molecule has 5 nitrogen and oxygen atoms in total. The number of ether oxygens (including phenoxy) is 2. The molecule has 17 heavy (non-hydrogen) atoms. The summed E-state index contributed by atoms with van der Waals surface area (Å²) < 4.78 is 40.2. The molecule has 0 aliphatic rings. The van der Waals surface area contributed by atoms with Crippen molar-refractivity contribution in [2.75, 3.05) is 13.2 Å². The van der Waals surface area contributed by atoms with Gasteiger partial charge in [-0.15, -0.1) is 0 Å².